The summed E-state index contributed by atoms with van der Waals surface area (Å²) in [5, 5.41) is 9.70. The Morgan fingerprint density at radius 1 is 1.27 bits per heavy atom. The Labute approximate surface area is 131 Å². The topological polar surface area (TPSA) is 59.0 Å². The molecule has 1 saturated heterocycles. The smallest absolute Gasteiger partial charge is 0.410 e. The molecule has 0 aromatic heterocycles. The SMILES string of the molecule is Cc1ccc(OC2CCN(C(=O)OC(C)(C)C)CC2)cc1O. The Morgan fingerprint density at radius 3 is 2.45 bits per heavy atom. The Kier molecular flexibility index (Phi) is 4.84. The highest BCUT2D eigenvalue weighted by Crippen LogP contribution is 2.25. The van der Waals surface area contributed by atoms with Gasteiger partial charge in [0.1, 0.15) is 23.2 Å². The van der Waals surface area contributed by atoms with Crippen LogP contribution in [0.5, 0.6) is 11.5 Å². The van der Waals surface area contributed by atoms with Gasteiger partial charge in [-0.15, -0.1) is 0 Å². The van der Waals surface area contributed by atoms with Crippen LogP contribution in [0, 0.1) is 6.92 Å². The minimum Gasteiger partial charge on any atom is -0.508 e. The van der Waals surface area contributed by atoms with Gasteiger partial charge >= 0.3 is 6.09 Å². The third kappa shape index (κ3) is 4.55. The number of rotatable bonds is 2. The minimum atomic E-state index is -0.468. The highest BCUT2D eigenvalue weighted by Gasteiger charge is 2.27. The molecule has 2 rings (SSSR count). The van der Waals surface area contributed by atoms with Crippen molar-refractivity contribution in [2.45, 2.75) is 52.2 Å². The number of carbonyl (C=O) groups is 1. The first-order valence-electron chi connectivity index (χ1n) is 7.69. The van der Waals surface area contributed by atoms with E-state index in [1.807, 2.05) is 39.8 Å². The summed E-state index contributed by atoms with van der Waals surface area (Å²) in [5.41, 5.74) is 0.358. The molecule has 1 aromatic rings. The van der Waals surface area contributed by atoms with Crippen molar-refractivity contribution in [2.24, 2.45) is 0 Å². The molecule has 0 spiro atoms. The fourth-order valence-corrected chi connectivity index (χ4v) is 2.34. The molecule has 0 bridgehead atoms. The zero-order valence-electron chi connectivity index (χ0n) is 13.8. The molecule has 0 saturated carbocycles. The van der Waals surface area contributed by atoms with Gasteiger partial charge in [-0.05, 0) is 39.3 Å². The largest absolute Gasteiger partial charge is 0.508 e. The van der Waals surface area contributed by atoms with Gasteiger partial charge in [-0.1, -0.05) is 6.07 Å². The van der Waals surface area contributed by atoms with Gasteiger partial charge in [0.2, 0.25) is 0 Å². The van der Waals surface area contributed by atoms with E-state index in [2.05, 4.69) is 0 Å². The summed E-state index contributed by atoms with van der Waals surface area (Å²) in [6.07, 6.45) is 1.31. The van der Waals surface area contributed by atoms with E-state index in [4.69, 9.17) is 9.47 Å². The number of phenolic OH excluding ortho intramolecular Hbond substituents is 1. The van der Waals surface area contributed by atoms with Crippen LogP contribution < -0.4 is 4.74 Å². The van der Waals surface area contributed by atoms with Crippen molar-refractivity contribution in [3.8, 4) is 11.5 Å². The normalized spacial score (nSPS) is 16.5. The van der Waals surface area contributed by atoms with Crippen LogP contribution in [0.4, 0.5) is 4.79 Å². The number of phenols is 1. The van der Waals surface area contributed by atoms with Crippen molar-refractivity contribution in [3.63, 3.8) is 0 Å². The first kappa shape index (κ1) is 16.5. The zero-order valence-corrected chi connectivity index (χ0v) is 13.8. The molecular formula is C17H25NO4. The monoisotopic (exact) mass is 307 g/mol. The highest BCUT2D eigenvalue weighted by atomic mass is 16.6. The lowest BCUT2D eigenvalue weighted by atomic mass is 10.1. The van der Waals surface area contributed by atoms with Crippen LogP contribution >= 0.6 is 0 Å². The van der Waals surface area contributed by atoms with E-state index >= 15 is 0 Å². The number of aryl methyl sites for hydroxylation is 1. The fourth-order valence-electron chi connectivity index (χ4n) is 2.34. The minimum absolute atomic E-state index is 0.0563. The molecule has 22 heavy (non-hydrogen) atoms. The Bertz CT molecular complexity index is 528. The number of likely N-dealkylation sites (tertiary alicyclic amines) is 1. The number of ether oxygens (including phenoxy) is 2. The van der Waals surface area contributed by atoms with E-state index in [1.54, 1.807) is 11.0 Å². The Morgan fingerprint density at radius 2 is 1.91 bits per heavy atom. The average molecular weight is 307 g/mol. The van der Waals surface area contributed by atoms with Crippen molar-refractivity contribution >= 4 is 6.09 Å². The molecule has 0 radical (unpaired) electrons. The van der Waals surface area contributed by atoms with E-state index in [0.29, 0.717) is 18.8 Å². The maximum Gasteiger partial charge on any atom is 0.410 e. The molecule has 1 fully saturated rings. The van der Waals surface area contributed by atoms with Gasteiger partial charge in [-0.2, -0.15) is 0 Å². The van der Waals surface area contributed by atoms with Gasteiger partial charge in [-0.3, -0.25) is 0 Å². The van der Waals surface area contributed by atoms with E-state index in [1.165, 1.54) is 0 Å². The lowest BCUT2D eigenvalue weighted by Crippen LogP contribution is -2.44. The van der Waals surface area contributed by atoms with Crippen molar-refractivity contribution in [2.75, 3.05) is 13.1 Å². The molecule has 1 heterocycles. The second-order valence-corrected chi connectivity index (χ2v) is 6.73. The van der Waals surface area contributed by atoms with Crippen LogP contribution in [0.15, 0.2) is 18.2 Å². The number of benzene rings is 1. The highest BCUT2D eigenvalue weighted by molar-refractivity contribution is 5.68. The van der Waals surface area contributed by atoms with Gasteiger partial charge < -0.3 is 19.5 Å². The maximum atomic E-state index is 12.0. The summed E-state index contributed by atoms with van der Waals surface area (Å²) >= 11 is 0. The van der Waals surface area contributed by atoms with E-state index < -0.39 is 5.60 Å². The molecule has 0 aliphatic carbocycles. The van der Waals surface area contributed by atoms with Crippen LogP contribution in [0.25, 0.3) is 0 Å². The predicted molar refractivity (Wildman–Crippen MR) is 84.3 cm³/mol. The molecule has 1 aromatic carbocycles. The third-order valence-corrected chi connectivity index (χ3v) is 3.58. The van der Waals surface area contributed by atoms with Crippen molar-refractivity contribution < 1.29 is 19.4 Å². The van der Waals surface area contributed by atoms with Crippen molar-refractivity contribution in [1.82, 2.24) is 4.90 Å². The number of hydrogen-bond donors (Lipinski definition) is 1. The second-order valence-electron chi connectivity index (χ2n) is 6.73. The Balaban J connectivity index is 1.84. The van der Waals surface area contributed by atoms with Gasteiger partial charge in [0.05, 0.1) is 0 Å². The lowest BCUT2D eigenvalue weighted by molar-refractivity contribution is 0.0126. The Hall–Kier alpha value is -1.91. The summed E-state index contributed by atoms with van der Waals surface area (Å²) < 4.78 is 11.3. The molecule has 1 amide bonds. The van der Waals surface area contributed by atoms with E-state index in [-0.39, 0.29) is 17.9 Å². The van der Waals surface area contributed by atoms with Crippen LogP contribution in [0.3, 0.4) is 0 Å². The third-order valence-electron chi connectivity index (χ3n) is 3.58. The van der Waals surface area contributed by atoms with Gasteiger partial charge in [-0.25, -0.2) is 4.79 Å². The second kappa shape index (κ2) is 6.46. The summed E-state index contributed by atoms with van der Waals surface area (Å²) in [7, 11) is 0. The van der Waals surface area contributed by atoms with Crippen molar-refractivity contribution in [1.29, 1.82) is 0 Å². The molecular weight excluding hydrogens is 282 g/mol. The van der Waals surface area contributed by atoms with Crippen LogP contribution in [0.1, 0.15) is 39.2 Å². The number of hydrogen-bond acceptors (Lipinski definition) is 4. The predicted octanol–water partition coefficient (Wildman–Crippen LogP) is 3.48. The summed E-state index contributed by atoms with van der Waals surface area (Å²) in [6, 6.07) is 5.32. The molecule has 1 aliphatic rings. The number of carbonyl (C=O) groups excluding carboxylic acids is 1. The maximum absolute atomic E-state index is 12.0. The van der Waals surface area contributed by atoms with Crippen molar-refractivity contribution in [3.05, 3.63) is 23.8 Å². The van der Waals surface area contributed by atoms with Gasteiger partial charge in [0.15, 0.2) is 0 Å². The standard InChI is InChI=1S/C17H25NO4/c1-12-5-6-14(11-15(12)19)21-13-7-9-18(10-8-13)16(20)22-17(2,3)4/h5-6,11,13,19H,7-10H2,1-4H3. The summed E-state index contributed by atoms with van der Waals surface area (Å²) in [5.74, 6) is 0.905. The summed E-state index contributed by atoms with van der Waals surface area (Å²) in [4.78, 5) is 13.7. The lowest BCUT2D eigenvalue weighted by Gasteiger charge is -2.33. The summed E-state index contributed by atoms with van der Waals surface area (Å²) in [6.45, 7) is 8.69. The van der Waals surface area contributed by atoms with Crippen LogP contribution in [0.2, 0.25) is 0 Å². The number of nitrogens with zero attached hydrogens (tertiary/aromatic N) is 1. The first-order valence-corrected chi connectivity index (χ1v) is 7.69. The molecule has 1 aliphatic heterocycles. The molecule has 122 valence electrons. The van der Waals surface area contributed by atoms with Crippen LogP contribution in [-0.2, 0) is 4.74 Å². The fraction of sp³-hybridized carbons (Fsp3) is 0.588. The number of piperidine rings is 1. The zero-order chi connectivity index (χ0) is 16.3. The van der Waals surface area contributed by atoms with Gasteiger partial charge in [0, 0.05) is 32.0 Å². The van der Waals surface area contributed by atoms with E-state index in [9.17, 15) is 9.90 Å². The molecule has 0 unspecified atom stereocenters. The molecule has 1 N–H and O–H groups in total. The number of amides is 1. The molecule has 5 nitrogen and oxygen atoms in total. The quantitative estimate of drug-likeness (QED) is 0.908. The number of aromatic hydroxyl groups is 1. The molecule has 0 atom stereocenters. The first-order chi connectivity index (χ1) is 10.2. The van der Waals surface area contributed by atoms with Crippen LogP contribution in [-0.4, -0.2) is 40.9 Å². The average Bonchev–Trinajstić information content (AvgIpc) is 2.42. The molecule has 5 heteroatoms. The van der Waals surface area contributed by atoms with E-state index in [0.717, 1.165) is 18.4 Å². The van der Waals surface area contributed by atoms with Gasteiger partial charge in [0.25, 0.3) is 0 Å².